The van der Waals surface area contributed by atoms with Crippen molar-refractivity contribution >= 4 is 12.4 Å². The molecule has 3 heteroatoms. The molecule has 1 heterocycles. The maximum absolute atomic E-state index is 5.73. The normalized spacial score (nSPS) is 22.1. The minimum absolute atomic E-state index is 0. The van der Waals surface area contributed by atoms with Crippen molar-refractivity contribution in [3.05, 3.63) is 35.4 Å². The fraction of sp³-hybridized carbons (Fsp3) is 0.500. The molecular weight excluding hydrogens is 210 g/mol. The summed E-state index contributed by atoms with van der Waals surface area (Å²) in [5.41, 5.74) is 2.60. The van der Waals surface area contributed by atoms with Crippen LogP contribution >= 0.6 is 12.4 Å². The average Bonchev–Trinajstić information content (AvgIpc) is 2.19. The highest BCUT2D eigenvalue weighted by molar-refractivity contribution is 5.85. The number of nitrogens with zero attached hydrogens (tertiary/aromatic N) is 1. The Morgan fingerprint density at radius 3 is 2.53 bits per heavy atom. The van der Waals surface area contributed by atoms with E-state index in [0.29, 0.717) is 0 Å². The lowest BCUT2D eigenvalue weighted by atomic mass is 10.1. The van der Waals surface area contributed by atoms with Crippen LogP contribution in [0.4, 0.5) is 0 Å². The lowest BCUT2D eigenvalue weighted by Crippen LogP contribution is -2.35. The Morgan fingerprint density at radius 2 is 1.93 bits per heavy atom. The summed E-state index contributed by atoms with van der Waals surface area (Å²) in [7, 11) is 2.14. The van der Waals surface area contributed by atoms with Crippen LogP contribution in [0.5, 0.6) is 0 Å². The predicted molar refractivity (Wildman–Crippen MR) is 64.6 cm³/mol. The zero-order valence-corrected chi connectivity index (χ0v) is 10.1. The zero-order chi connectivity index (χ0) is 9.97. The monoisotopic (exact) mass is 227 g/mol. The van der Waals surface area contributed by atoms with Crippen LogP contribution in [0.15, 0.2) is 24.3 Å². The number of benzene rings is 1. The van der Waals surface area contributed by atoms with Crippen LogP contribution in [0, 0.1) is 6.92 Å². The second-order valence-electron chi connectivity index (χ2n) is 4.03. The van der Waals surface area contributed by atoms with E-state index < -0.39 is 0 Å². The molecule has 0 aromatic heterocycles. The fourth-order valence-electron chi connectivity index (χ4n) is 1.76. The second-order valence-corrected chi connectivity index (χ2v) is 4.03. The second kappa shape index (κ2) is 5.50. The third-order valence-electron chi connectivity index (χ3n) is 2.72. The minimum atomic E-state index is 0. The molecule has 1 aliphatic rings. The molecule has 1 fully saturated rings. The third-order valence-corrected chi connectivity index (χ3v) is 2.72. The number of hydrogen-bond acceptors (Lipinski definition) is 2. The molecule has 0 spiro atoms. The van der Waals surface area contributed by atoms with Gasteiger partial charge in [-0.1, -0.05) is 29.8 Å². The Morgan fingerprint density at radius 1 is 1.27 bits per heavy atom. The summed E-state index contributed by atoms with van der Waals surface area (Å²) in [6, 6.07) is 8.62. The van der Waals surface area contributed by atoms with Crippen LogP contribution in [-0.4, -0.2) is 31.6 Å². The molecule has 0 N–H and O–H groups in total. The number of rotatable bonds is 1. The molecule has 1 aromatic rings. The number of ether oxygens (including phenoxy) is 1. The van der Waals surface area contributed by atoms with Crippen molar-refractivity contribution < 1.29 is 4.74 Å². The van der Waals surface area contributed by atoms with E-state index in [0.717, 1.165) is 19.7 Å². The lowest BCUT2D eigenvalue weighted by Gasteiger charge is -2.30. The van der Waals surface area contributed by atoms with Crippen molar-refractivity contribution in [1.29, 1.82) is 0 Å². The predicted octanol–water partition coefficient (Wildman–Crippen LogP) is 2.42. The van der Waals surface area contributed by atoms with Crippen LogP contribution in [0.3, 0.4) is 0 Å². The van der Waals surface area contributed by atoms with Crippen LogP contribution in [0.25, 0.3) is 0 Å². The number of hydrogen-bond donors (Lipinski definition) is 0. The topological polar surface area (TPSA) is 12.5 Å². The van der Waals surface area contributed by atoms with Crippen molar-refractivity contribution in [2.75, 3.05) is 26.7 Å². The lowest BCUT2D eigenvalue weighted by molar-refractivity contribution is -0.0208. The fourth-order valence-corrected chi connectivity index (χ4v) is 1.76. The Hall–Kier alpha value is -0.570. The summed E-state index contributed by atoms with van der Waals surface area (Å²) in [6.45, 7) is 5.00. The minimum Gasteiger partial charge on any atom is -0.371 e. The quantitative estimate of drug-likeness (QED) is 0.731. The Bertz CT molecular complexity index is 299. The van der Waals surface area contributed by atoms with E-state index in [9.17, 15) is 0 Å². The molecular formula is C12H18ClNO. The van der Waals surface area contributed by atoms with Gasteiger partial charge in [-0.2, -0.15) is 0 Å². The summed E-state index contributed by atoms with van der Waals surface area (Å²) in [4.78, 5) is 2.31. The van der Waals surface area contributed by atoms with Crippen LogP contribution in [-0.2, 0) is 4.74 Å². The summed E-state index contributed by atoms with van der Waals surface area (Å²) >= 11 is 0. The molecule has 2 rings (SSSR count). The van der Waals surface area contributed by atoms with Crippen molar-refractivity contribution in [1.82, 2.24) is 4.90 Å². The van der Waals surface area contributed by atoms with Crippen molar-refractivity contribution in [2.24, 2.45) is 0 Å². The molecule has 0 aliphatic carbocycles. The van der Waals surface area contributed by atoms with Gasteiger partial charge in [-0.25, -0.2) is 0 Å². The molecule has 2 nitrogen and oxygen atoms in total. The Kier molecular flexibility index (Phi) is 4.58. The summed E-state index contributed by atoms with van der Waals surface area (Å²) in [5, 5.41) is 0. The molecule has 0 saturated carbocycles. The number of halogens is 1. The molecule has 1 saturated heterocycles. The van der Waals surface area contributed by atoms with E-state index in [1.54, 1.807) is 0 Å². The summed E-state index contributed by atoms with van der Waals surface area (Å²) in [5.74, 6) is 0. The molecule has 1 unspecified atom stereocenters. The van der Waals surface area contributed by atoms with E-state index in [1.165, 1.54) is 11.1 Å². The first-order chi connectivity index (χ1) is 6.75. The van der Waals surface area contributed by atoms with Gasteiger partial charge in [0.05, 0.1) is 12.7 Å². The van der Waals surface area contributed by atoms with E-state index in [-0.39, 0.29) is 18.5 Å². The largest absolute Gasteiger partial charge is 0.371 e. The summed E-state index contributed by atoms with van der Waals surface area (Å²) < 4.78 is 5.73. The molecule has 0 radical (unpaired) electrons. The van der Waals surface area contributed by atoms with Crippen molar-refractivity contribution in [2.45, 2.75) is 13.0 Å². The van der Waals surface area contributed by atoms with E-state index in [2.05, 4.69) is 43.1 Å². The average molecular weight is 228 g/mol. The summed E-state index contributed by atoms with van der Waals surface area (Å²) in [6.07, 6.45) is 0.259. The standard InChI is InChI=1S/C12H17NO.ClH/c1-10-3-5-11(6-4-10)12-9-13(2)7-8-14-12;/h3-6,12H,7-9H2,1-2H3;1H. The highest BCUT2D eigenvalue weighted by Gasteiger charge is 2.18. The van der Waals surface area contributed by atoms with Crippen molar-refractivity contribution in [3.63, 3.8) is 0 Å². The molecule has 15 heavy (non-hydrogen) atoms. The van der Waals surface area contributed by atoms with Gasteiger partial charge in [-0.05, 0) is 19.5 Å². The highest BCUT2D eigenvalue weighted by Crippen LogP contribution is 2.21. The smallest absolute Gasteiger partial charge is 0.0952 e. The van der Waals surface area contributed by atoms with Gasteiger partial charge in [0.2, 0.25) is 0 Å². The molecule has 1 aliphatic heterocycles. The number of aryl methyl sites for hydroxylation is 1. The number of morpholine rings is 1. The van der Waals surface area contributed by atoms with Gasteiger partial charge in [0.1, 0.15) is 0 Å². The van der Waals surface area contributed by atoms with E-state index in [1.807, 2.05) is 0 Å². The SMILES string of the molecule is Cc1ccc(C2CN(C)CCO2)cc1.Cl. The Labute approximate surface area is 97.6 Å². The Balaban J connectivity index is 0.00000112. The third kappa shape index (κ3) is 3.20. The van der Waals surface area contributed by atoms with E-state index >= 15 is 0 Å². The van der Waals surface area contributed by atoms with Crippen LogP contribution in [0.1, 0.15) is 17.2 Å². The molecule has 84 valence electrons. The first kappa shape index (κ1) is 12.5. The first-order valence-electron chi connectivity index (χ1n) is 5.12. The van der Waals surface area contributed by atoms with Gasteiger partial charge in [-0.15, -0.1) is 12.4 Å². The van der Waals surface area contributed by atoms with Gasteiger partial charge in [0.25, 0.3) is 0 Å². The van der Waals surface area contributed by atoms with Crippen molar-refractivity contribution in [3.8, 4) is 0 Å². The number of likely N-dealkylation sites (N-methyl/N-ethyl adjacent to an activating group) is 1. The van der Waals surface area contributed by atoms with Gasteiger partial charge >= 0.3 is 0 Å². The first-order valence-corrected chi connectivity index (χ1v) is 5.12. The van der Waals surface area contributed by atoms with Crippen LogP contribution < -0.4 is 0 Å². The van der Waals surface area contributed by atoms with E-state index in [4.69, 9.17) is 4.74 Å². The molecule has 1 aromatic carbocycles. The zero-order valence-electron chi connectivity index (χ0n) is 9.27. The molecule has 1 atom stereocenters. The van der Waals surface area contributed by atoms with Gasteiger partial charge in [-0.3, -0.25) is 0 Å². The van der Waals surface area contributed by atoms with Gasteiger partial charge in [0, 0.05) is 13.1 Å². The van der Waals surface area contributed by atoms with Gasteiger partial charge in [0.15, 0.2) is 0 Å². The molecule has 0 amide bonds. The highest BCUT2D eigenvalue weighted by atomic mass is 35.5. The molecule has 0 bridgehead atoms. The maximum Gasteiger partial charge on any atom is 0.0952 e. The van der Waals surface area contributed by atoms with Gasteiger partial charge < -0.3 is 9.64 Å². The maximum atomic E-state index is 5.73. The van der Waals surface area contributed by atoms with Crippen LogP contribution in [0.2, 0.25) is 0 Å².